The van der Waals surface area contributed by atoms with Crippen molar-refractivity contribution in [1.29, 1.82) is 0 Å². The van der Waals surface area contributed by atoms with Crippen LogP contribution in [0.5, 0.6) is 0 Å². The van der Waals surface area contributed by atoms with E-state index in [0.717, 1.165) is 22.5 Å². The molecule has 1 N–H and O–H groups in total. The molecular weight excluding hydrogens is 334 g/mol. The van der Waals surface area contributed by atoms with Crippen LogP contribution in [0.2, 0.25) is 0 Å². The molecule has 1 amide bonds. The first-order valence-electron chi connectivity index (χ1n) is 9.09. The summed E-state index contributed by atoms with van der Waals surface area (Å²) in [7, 11) is 0. The Hall–Kier alpha value is -3.40. The van der Waals surface area contributed by atoms with Crippen LogP contribution in [-0.4, -0.2) is 15.3 Å². The minimum absolute atomic E-state index is 0.0265. The standard InChI is InChI=1S/C23H21N3O/c27-23(25-16-18-9-3-1-4-10-18)15-20(19-11-5-2-6-12-19)21-17-24-22-13-7-8-14-26(21)22/h1-14,17,20H,15-16H2,(H,25,27). The highest BCUT2D eigenvalue weighted by Crippen LogP contribution is 2.28. The van der Waals surface area contributed by atoms with Gasteiger partial charge >= 0.3 is 0 Å². The fourth-order valence-electron chi connectivity index (χ4n) is 3.34. The lowest BCUT2D eigenvalue weighted by Gasteiger charge is -2.17. The molecule has 134 valence electrons. The molecule has 0 fully saturated rings. The number of hydrogen-bond acceptors (Lipinski definition) is 2. The van der Waals surface area contributed by atoms with Gasteiger partial charge in [-0.1, -0.05) is 66.7 Å². The van der Waals surface area contributed by atoms with Gasteiger partial charge in [-0.3, -0.25) is 4.79 Å². The van der Waals surface area contributed by atoms with Crippen molar-refractivity contribution >= 4 is 11.6 Å². The number of pyridine rings is 1. The van der Waals surface area contributed by atoms with E-state index in [0.29, 0.717) is 13.0 Å². The smallest absolute Gasteiger partial charge is 0.221 e. The average Bonchev–Trinajstić information content (AvgIpc) is 3.16. The van der Waals surface area contributed by atoms with Gasteiger partial charge in [0.05, 0.1) is 5.69 Å². The van der Waals surface area contributed by atoms with E-state index in [-0.39, 0.29) is 11.8 Å². The van der Waals surface area contributed by atoms with Crippen molar-refractivity contribution in [2.75, 3.05) is 0 Å². The Labute approximate surface area is 158 Å². The van der Waals surface area contributed by atoms with Crippen LogP contribution in [-0.2, 0) is 11.3 Å². The minimum Gasteiger partial charge on any atom is -0.352 e. The molecule has 0 radical (unpaired) electrons. The fraction of sp³-hybridized carbons (Fsp3) is 0.130. The molecule has 4 heteroatoms. The molecule has 0 saturated heterocycles. The summed E-state index contributed by atoms with van der Waals surface area (Å²) < 4.78 is 2.06. The summed E-state index contributed by atoms with van der Waals surface area (Å²) in [6, 6.07) is 26.0. The van der Waals surface area contributed by atoms with E-state index in [1.54, 1.807) is 0 Å². The number of benzene rings is 2. The van der Waals surface area contributed by atoms with Crippen LogP contribution in [0.1, 0.15) is 29.2 Å². The van der Waals surface area contributed by atoms with E-state index in [1.165, 1.54) is 0 Å². The zero-order valence-electron chi connectivity index (χ0n) is 15.0. The van der Waals surface area contributed by atoms with Gasteiger partial charge in [0.25, 0.3) is 0 Å². The molecule has 0 aliphatic carbocycles. The molecule has 1 unspecified atom stereocenters. The predicted octanol–water partition coefficient (Wildman–Crippen LogP) is 4.17. The van der Waals surface area contributed by atoms with Crippen molar-refractivity contribution in [1.82, 2.24) is 14.7 Å². The number of nitrogens with one attached hydrogen (secondary N) is 1. The number of amides is 1. The van der Waals surface area contributed by atoms with E-state index in [2.05, 4.69) is 26.8 Å². The molecule has 2 aromatic carbocycles. The molecule has 4 aromatic rings. The Bertz CT molecular complexity index is 1030. The summed E-state index contributed by atoms with van der Waals surface area (Å²) in [5.74, 6) is -0.0297. The average molecular weight is 355 g/mol. The number of hydrogen-bond donors (Lipinski definition) is 1. The molecule has 2 aromatic heterocycles. The minimum atomic E-state index is -0.0561. The highest BCUT2D eigenvalue weighted by atomic mass is 16.1. The number of rotatable bonds is 6. The van der Waals surface area contributed by atoms with Crippen LogP contribution >= 0.6 is 0 Å². The summed E-state index contributed by atoms with van der Waals surface area (Å²) in [6.45, 7) is 0.536. The molecule has 0 aliphatic heterocycles. The molecule has 4 nitrogen and oxygen atoms in total. The number of carbonyl (C=O) groups excluding carboxylic acids is 1. The summed E-state index contributed by atoms with van der Waals surface area (Å²) in [5, 5.41) is 3.04. The van der Waals surface area contributed by atoms with Gasteiger partial charge in [0, 0.05) is 31.3 Å². The molecule has 0 spiro atoms. The van der Waals surface area contributed by atoms with E-state index in [4.69, 9.17) is 0 Å². The Kier molecular flexibility index (Phi) is 4.97. The van der Waals surface area contributed by atoms with Crippen molar-refractivity contribution in [3.05, 3.63) is 108 Å². The number of aromatic nitrogens is 2. The third-order valence-electron chi connectivity index (χ3n) is 4.73. The summed E-state index contributed by atoms with van der Waals surface area (Å²) >= 11 is 0. The van der Waals surface area contributed by atoms with Crippen LogP contribution in [0.3, 0.4) is 0 Å². The maximum atomic E-state index is 12.7. The highest BCUT2D eigenvalue weighted by Gasteiger charge is 2.21. The van der Waals surface area contributed by atoms with Crippen LogP contribution in [0.25, 0.3) is 5.65 Å². The monoisotopic (exact) mass is 355 g/mol. The van der Waals surface area contributed by atoms with Crippen molar-refractivity contribution in [3.63, 3.8) is 0 Å². The van der Waals surface area contributed by atoms with E-state index in [9.17, 15) is 4.79 Å². The van der Waals surface area contributed by atoms with Gasteiger partial charge < -0.3 is 9.72 Å². The molecule has 27 heavy (non-hydrogen) atoms. The van der Waals surface area contributed by atoms with E-state index >= 15 is 0 Å². The van der Waals surface area contributed by atoms with Gasteiger partial charge in [-0.2, -0.15) is 0 Å². The van der Waals surface area contributed by atoms with E-state index in [1.807, 2.05) is 79.1 Å². The van der Waals surface area contributed by atoms with Crippen molar-refractivity contribution in [2.45, 2.75) is 18.9 Å². The summed E-state index contributed by atoms with van der Waals surface area (Å²) in [5.41, 5.74) is 4.11. The Morgan fingerprint density at radius 3 is 2.41 bits per heavy atom. The second-order valence-electron chi connectivity index (χ2n) is 6.54. The molecule has 1 atom stereocenters. The van der Waals surface area contributed by atoms with Gasteiger partial charge in [-0.15, -0.1) is 0 Å². The normalized spacial score (nSPS) is 12.0. The van der Waals surface area contributed by atoms with Crippen molar-refractivity contribution in [2.24, 2.45) is 0 Å². The fourth-order valence-corrected chi connectivity index (χ4v) is 3.34. The Morgan fingerprint density at radius 2 is 1.63 bits per heavy atom. The van der Waals surface area contributed by atoms with Crippen LogP contribution in [0.4, 0.5) is 0 Å². The van der Waals surface area contributed by atoms with Gasteiger partial charge in [0.1, 0.15) is 5.65 Å². The van der Waals surface area contributed by atoms with Gasteiger partial charge in [0.2, 0.25) is 5.91 Å². The number of nitrogens with zero attached hydrogens (tertiary/aromatic N) is 2. The third kappa shape index (κ3) is 3.90. The van der Waals surface area contributed by atoms with Gasteiger partial charge in [-0.05, 0) is 23.3 Å². The lowest BCUT2D eigenvalue weighted by molar-refractivity contribution is -0.121. The zero-order valence-corrected chi connectivity index (χ0v) is 15.0. The predicted molar refractivity (Wildman–Crippen MR) is 106 cm³/mol. The Balaban J connectivity index is 1.58. The zero-order chi connectivity index (χ0) is 18.5. The first-order valence-corrected chi connectivity index (χ1v) is 9.09. The first kappa shape index (κ1) is 17.0. The molecule has 0 bridgehead atoms. The van der Waals surface area contributed by atoms with Gasteiger partial charge in [-0.25, -0.2) is 4.98 Å². The van der Waals surface area contributed by atoms with Crippen LogP contribution in [0, 0.1) is 0 Å². The second-order valence-corrected chi connectivity index (χ2v) is 6.54. The first-order chi connectivity index (χ1) is 13.3. The molecular formula is C23H21N3O. The lowest BCUT2D eigenvalue weighted by Crippen LogP contribution is -2.25. The number of fused-ring (bicyclic) bond motifs is 1. The topological polar surface area (TPSA) is 46.4 Å². The van der Waals surface area contributed by atoms with Gasteiger partial charge in [0.15, 0.2) is 0 Å². The second kappa shape index (κ2) is 7.87. The maximum Gasteiger partial charge on any atom is 0.221 e. The van der Waals surface area contributed by atoms with Crippen LogP contribution in [0.15, 0.2) is 91.3 Å². The molecule has 0 aliphatic rings. The quantitative estimate of drug-likeness (QED) is 0.564. The number of imidazole rings is 1. The summed E-state index contributed by atoms with van der Waals surface area (Å²) in [4.78, 5) is 17.2. The Morgan fingerprint density at radius 1 is 0.926 bits per heavy atom. The number of carbonyl (C=O) groups is 1. The molecule has 0 saturated carbocycles. The van der Waals surface area contributed by atoms with Crippen LogP contribution < -0.4 is 5.32 Å². The lowest BCUT2D eigenvalue weighted by atomic mass is 9.92. The molecule has 4 rings (SSSR count). The third-order valence-corrected chi connectivity index (χ3v) is 4.73. The van der Waals surface area contributed by atoms with Crippen molar-refractivity contribution < 1.29 is 4.79 Å². The maximum absolute atomic E-state index is 12.7. The van der Waals surface area contributed by atoms with Crippen molar-refractivity contribution in [3.8, 4) is 0 Å². The highest BCUT2D eigenvalue weighted by molar-refractivity contribution is 5.77. The molecule has 2 heterocycles. The summed E-state index contributed by atoms with van der Waals surface area (Å²) in [6.07, 6.45) is 4.24. The largest absolute Gasteiger partial charge is 0.352 e. The van der Waals surface area contributed by atoms with E-state index < -0.39 is 0 Å². The SMILES string of the molecule is O=C(CC(c1ccccc1)c1cnc2ccccn12)NCc1ccccc1.